The smallest absolute Gasteiger partial charge is 0.238 e. The van der Waals surface area contributed by atoms with Gasteiger partial charge in [0.15, 0.2) is 0 Å². The SMILES string of the molecule is CCC(CC)N(CCO)CC(=O)Nc1ccc(N)cc1Br. The normalized spacial score (nSPS) is 11.1. The Bertz CT molecular complexity index is 464. The van der Waals surface area contributed by atoms with Crippen molar-refractivity contribution in [2.45, 2.75) is 32.7 Å². The summed E-state index contributed by atoms with van der Waals surface area (Å²) in [6, 6.07) is 5.57. The summed E-state index contributed by atoms with van der Waals surface area (Å²) in [5, 5.41) is 12.0. The number of carbonyl (C=O) groups is 1. The molecule has 118 valence electrons. The Morgan fingerprint density at radius 2 is 2.10 bits per heavy atom. The lowest BCUT2D eigenvalue weighted by atomic mass is 10.1. The third-order valence-electron chi connectivity index (χ3n) is 3.46. The molecule has 0 radical (unpaired) electrons. The van der Waals surface area contributed by atoms with E-state index in [4.69, 9.17) is 10.8 Å². The molecule has 0 bridgehead atoms. The number of nitrogens with two attached hydrogens (primary N) is 1. The first-order valence-corrected chi connectivity index (χ1v) is 8.00. The summed E-state index contributed by atoms with van der Waals surface area (Å²) in [7, 11) is 0. The van der Waals surface area contributed by atoms with Crippen LogP contribution in [0.4, 0.5) is 11.4 Å². The van der Waals surface area contributed by atoms with Gasteiger partial charge in [-0.25, -0.2) is 0 Å². The summed E-state index contributed by atoms with van der Waals surface area (Å²) in [5.41, 5.74) is 7.01. The van der Waals surface area contributed by atoms with Crippen molar-refractivity contribution in [2.24, 2.45) is 0 Å². The van der Waals surface area contributed by atoms with Crippen LogP contribution in [0.2, 0.25) is 0 Å². The van der Waals surface area contributed by atoms with Crippen molar-refractivity contribution < 1.29 is 9.90 Å². The van der Waals surface area contributed by atoms with Gasteiger partial charge < -0.3 is 16.2 Å². The first-order valence-electron chi connectivity index (χ1n) is 7.21. The molecule has 0 atom stereocenters. The molecule has 4 N–H and O–H groups in total. The summed E-state index contributed by atoms with van der Waals surface area (Å²) >= 11 is 3.38. The molecule has 0 heterocycles. The van der Waals surface area contributed by atoms with E-state index < -0.39 is 0 Å². The van der Waals surface area contributed by atoms with Crippen molar-refractivity contribution in [3.8, 4) is 0 Å². The van der Waals surface area contributed by atoms with E-state index >= 15 is 0 Å². The molecule has 0 aromatic heterocycles. The highest BCUT2D eigenvalue weighted by molar-refractivity contribution is 9.10. The summed E-state index contributed by atoms with van der Waals surface area (Å²) in [4.78, 5) is 14.2. The fraction of sp³-hybridized carbons (Fsp3) is 0.533. The van der Waals surface area contributed by atoms with Gasteiger partial charge >= 0.3 is 0 Å². The number of anilines is 2. The van der Waals surface area contributed by atoms with Gasteiger partial charge in [-0.1, -0.05) is 13.8 Å². The number of nitrogen functional groups attached to an aromatic ring is 1. The quantitative estimate of drug-likeness (QED) is 0.624. The van der Waals surface area contributed by atoms with Crippen LogP contribution >= 0.6 is 15.9 Å². The van der Waals surface area contributed by atoms with E-state index in [9.17, 15) is 4.79 Å². The predicted molar refractivity (Wildman–Crippen MR) is 90.2 cm³/mol. The second-order valence-electron chi connectivity index (χ2n) is 4.95. The first-order chi connectivity index (χ1) is 10.0. The number of halogens is 1. The Morgan fingerprint density at radius 3 is 2.62 bits per heavy atom. The number of aliphatic hydroxyl groups excluding tert-OH is 1. The van der Waals surface area contributed by atoms with Crippen LogP contribution in [0.25, 0.3) is 0 Å². The van der Waals surface area contributed by atoms with Crippen LogP contribution in [0.3, 0.4) is 0 Å². The molecule has 0 unspecified atom stereocenters. The lowest BCUT2D eigenvalue weighted by Gasteiger charge is -2.29. The predicted octanol–water partition coefficient (Wildman–Crippen LogP) is 2.45. The Labute approximate surface area is 134 Å². The number of amides is 1. The molecule has 5 nitrogen and oxygen atoms in total. The third-order valence-corrected chi connectivity index (χ3v) is 4.12. The van der Waals surface area contributed by atoms with Gasteiger partial charge in [-0.3, -0.25) is 9.69 Å². The summed E-state index contributed by atoms with van der Waals surface area (Å²) < 4.78 is 0.757. The highest BCUT2D eigenvalue weighted by atomic mass is 79.9. The molecule has 1 rings (SSSR count). The van der Waals surface area contributed by atoms with Crippen molar-refractivity contribution >= 4 is 33.2 Å². The zero-order chi connectivity index (χ0) is 15.8. The van der Waals surface area contributed by atoms with E-state index in [0.717, 1.165) is 17.3 Å². The molecule has 21 heavy (non-hydrogen) atoms. The molecule has 1 amide bonds. The largest absolute Gasteiger partial charge is 0.399 e. The number of nitrogens with one attached hydrogen (secondary N) is 1. The van der Waals surface area contributed by atoms with E-state index in [1.807, 2.05) is 4.90 Å². The van der Waals surface area contributed by atoms with E-state index in [0.29, 0.717) is 24.0 Å². The minimum atomic E-state index is -0.0965. The molecule has 0 aliphatic rings. The average molecular weight is 358 g/mol. The minimum Gasteiger partial charge on any atom is -0.399 e. The molecule has 6 heteroatoms. The highest BCUT2D eigenvalue weighted by Crippen LogP contribution is 2.24. The number of rotatable bonds is 8. The Hall–Kier alpha value is -1.11. The van der Waals surface area contributed by atoms with Gasteiger partial charge in [0.25, 0.3) is 0 Å². The second-order valence-corrected chi connectivity index (χ2v) is 5.81. The van der Waals surface area contributed by atoms with Gasteiger partial charge in [0.1, 0.15) is 0 Å². The molecule has 0 saturated carbocycles. The number of hydrogen-bond acceptors (Lipinski definition) is 4. The van der Waals surface area contributed by atoms with Crippen LogP contribution in [0.1, 0.15) is 26.7 Å². The Kier molecular flexibility index (Phi) is 7.71. The van der Waals surface area contributed by atoms with Gasteiger partial charge in [0.2, 0.25) is 5.91 Å². The van der Waals surface area contributed by atoms with Crippen molar-refractivity contribution in [1.29, 1.82) is 0 Å². The summed E-state index contributed by atoms with van der Waals surface area (Å²) in [6.45, 7) is 5.00. The highest BCUT2D eigenvalue weighted by Gasteiger charge is 2.18. The maximum absolute atomic E-state index is 12.2. The molecule has 0 spiro atoms. The zero-order valence-electron chi connectivity index (χ0n) is 12.6. The number of aliphatic hydroxyl groups is 1. The zero-order valence-corrected chi connectivity index (χ0v) is 14.2. The van der Waals surface area contributed by atoms with Crippen LogP contribution in [0.5, 0.6) is 0 Å². The van der Waals surface area contributed by atoms with E-state index in [1.165, 1.54) is 0 Å². The van der Waals surface area contributed by atoms with Gasteiger partial charge in [0, 0.05) is 22.7 Å². The number of carbonyl (C=O) groups excluding carboxylic acids is 1. The molecule has 0 aliphatic heterocycles. The van der Waals surface area contributed by atoms with Gasteiger partial charge in [-0.15, -0.1) is 0 Å². The van der Waals surface area contributed by atoms with Crippen LogP contribution in [0, 0.1) is 0 Å². The van der Waals surface area contributed by atoms with Crippen LogP contribution in [-0.4, -0.2) is 41.7 Å². The van der Waals surface area contributed by atoms with E-state index in [-0.39, 0.29) is 19.1 Å². The third kappa shape index (κ3) is 5.65. The standard InChI is InChI=1S/C15H24BrN3O2/c1-3-12(4-2)19(7-8-20)10-15(21)18-14-6-5-11(17)9-13(14)16/h5-6,9,12,20H,3-4,7-8,10,17H2,1-2H3,(H,18,21). The van der Waals surface area contributed by atoms with Gasteiger partial charge in [0.05, 0.1) is 18.8 Å². The van der Waals surface area contributed by atoms with Gasteiger partial charge in [-0.2, -0.15) is 0 Å². The number of nitrogens with zero attached hydrogens (tertiary/aromatic N) is 1. The van der Waals surface area contributed by atoms with Crippen LogP contribution in [0.15, 0.2) is 22.7 Å². The molecular formula is C15H24BrN3O2. The lowest BCUT2D eigenvalue weighted by molar-refractivity contribution is -0.118. The topological polar surface area (TPSA) is 78.6 Å². The van der Waals surface area contributed by atoms with Crippen molar-refractivity contribution in [3.05, 3.63) is 22.7 Å². The summed E-state index contributed by atoms with van der Waals surface area (Å²) in [6.07, 6.45) is 1.91. The minimum absolute atomic E-state index is 0.0509. The van der Waals surface area contributed by atoms with Crippen molar-refractivity contribution in [3.63, 3.8) is 0 Å². The fourth-order valence-corrected chi connectivity index (χ4v) is 2.83. The molecule has 0 fully saturated rings. The van der Waals surface area contributed by atoms with E-state index in [1.54, 1.807) is 18.2 Å². The van der Waals surface area contributed by atoms with Gasteiger partial charge in [-0.05, 0) is 47.0 Å². The molecule has 0 aliphatic carbocycles. The van der Waals surface area contributed by atoms with E-state index in [2.05, 4.69) is 35.1 Å². The monoisotopic (exact) mass is 357 g/mol. The molecule has 1 aromatic carbocycles. The molecular weight excluding hydrogens is 334 g/mol. The lowest BCUT2D eigenvalue weighted by Crippen LogP contribution is -2.42. The van der Waals surface area contributed by atoms with Crippen molar-refractivity contribution in [1.82, 2.24) is 4.90 Å². The first kappa shape index (κ1) is 17.9. The fourth-order valence-electron chi connectivity index (χ4n) is 2.33. The number of hydrogen-bond donors (Lipinski definition) is 3. The van der Waals surface area contributed by atoms with Crippen LogP contribution < -0.4 is 11.1 Å². The Morgan fingerprint density at radius 1 is 1.43 bits per heavy atom. The van der Waals surface area contributed by atoms with Crippen molar-refractivity contribution in [2.75, 3.05) is 30.7 Å². The average Bonchev–Trinajstić information content (AvgIpc) is 2.43. The van der Waals surface area contributed by atoms with Crippen LogP contribution in [-0.2, 0) is 4.79 Å². The summed E-state index contributed by atoms with van der Waals surface area (Å²) in [5.74, 6) is -0.0965. The number of benzene rings is 1. The molecule has 1 aromatic rings. The molecule has 0 saturated heterocycles. The second kappa shape index (κ2) is 9.02. The Balaban J connectivity index is 2.69. The maximum atomic E-state index is 12.2. The maximum Gasteiger partial charge on any atom is 0.238 e.